The van der Waals surface area contributed by atoms with E-state index in [1.54, 1.807) is 18.8 Å². The van der Waals surface area contributed by atoms with Crippen LogP contribution in [-0.2, 0) is 4.79 Å². The highest BCUT2D eigenvalue weighted by molar-refractivity contribution is 8.13. The molecule has 2 unspecified atom stereocenters. The van der Waals surface area contributed by atoms with Crippen LogP contribution < -0.4 is 5.32 Å². The fraction of sp³-hybridized carbons (Fsp3) is 0.786. The Morgan fingerprint density at radius 2 is 2.05 bits per heavy atom. The number of hydrogen-bond donors (Lipinski definition) is 1. The van der Waals surface area contributed by atoms with Gasteiger partial charge in [-0.2, -0.15) is 0 Å². The number of unbranched alkanes of at least 4 members (excludes halogenated alkanes) is 2. The highest BCUT2D eigenvalue weighted by Gasteiger charge is 2.49. The highest BCUT2D eigenvalue weighted by atomic mass is 32.2. The van der Waals surface area contributed by atoms with Crippen LogP contribution in [0.1, 0.15) is 40.0 Å². The number of likely N-dealkylation sites (N-methyl/N-ethyl adjacent to an activating group) is 1. The molecule has 0 aromatic rings. The predicted octanol–water partition coefficient (Wildman–Crippen LogP) is 1.87. The van der Waals surface area contributed by atoms with Crippen molar-refractivity contribution < 1.29 is 9.59 Å². The second-order valence-corrected chi connectivity index (χ2v) is 6.79. The van der Waals surface area contributed by atoms with E-state index in [9.17, 15) is 9.59 Å². The molecule has 2 rings (SSSR count). The standard InChI is InChI=1S/C14H24N4O2S/c1-5-6-7-8-21-14-15-11-10(18(14)9(2)3)12(19)16-13(20)17(11)4/h9-11H,5-8H2,1-4H3,(H,16,19,20). The van der Waals surface area contributed by atoms with Gasteiger partial charge in [-0.05, 0) is 20.3 Å². The molecule has 3 amide bonds. The molecule has 0 aromatic heterocycles. The van der Waals surface area contributed by atoms with Crippen molar-refractivity contribution in [1.29, 1.82) is 0 Å². The second-order valence-electron chi connectivity index (χ2n) is 5.73. The molecule has 2 aliphatic rings. The minimum Gasteiger partial charge on any atom is -0.333 e. The van der Waals surface area contributed by atoms with Crippen LogP contribution in [0.25, 0.3) is 0 Å². The number of amidine groups is 1. The Balaban J connectivity index is 2.14. The topological polar surface area (TPSA) is 65.0 Å². The number of amides is 3. The van der Waals surface area contributed by atoms with E-state index in [4.69, 9.17) is 0 Å². The van der Waals surface area contributed by atoms with Crippen LogP contribution in [0, 0.1) is 0 Å². The predicted molar refractivity (Wildman–Crippen MR) is 85.3 cm³/mol. The Morgan fingerprint density at radius 1 is 1.33 bits per heavy atom. The zero-order valence-electron chi connectivity index (χ0n) is 13.1. The molecule has 7 heteroatoms. The number of thioether (sulfide) groups is 1. The monoisotopic (exact) mass is 312 g/mol. The Bertz CT molecular complexity index is 452. The largest absolute Gasteiger partial charge is 0.333 e. The van der Waals surface area contributed by atoms with Crippen LogP contribution in [0.3, 0.4) is 0 Å². The third-order valence-electron chi connectivity index (χ3n) is 3.80. The maximum Gasteiger partial charge on any atom is 0.325 e. The fourth-order valence-electron chi connectivity index (χ4n) is 2.63. The molecule has 2 heterocycles. The quantitative estimate of drug-likeness (QED) is 0.787. The first-order valence-corrected chi connectivity index (χ1v) is 8.52. The summed E-state index contributed by atoms with van der Waals surface area (Å²) in [6.07, 6.45) is 3.13. The molecular weight excluding hydrogens is 288 g/mol. The lowest BCUT2D eigenvalue weighted by Gasteiger charge is -2.37. The molecule has 0 bridgehead atoms. The fourth-order valence-corrected chi connectivity index (χ4v) is 3.82. The average Bonchev–Trinajstić information content (AvgIpc) is 2.81. The number of nitrogens with zero attached hydrogens (tertiary/aromatic N) is 3. The summed E-state index contributed by atoms with van der Waals surface area (Å²) < 4.78 is 0. The summed E-state index contributed by atoms with van der Waals surface area (Å²) in [4.78, 5) is 32.1. The van der Waals surface area contributed by atoms with E-state index in [-0.39, 0.29) is 18.0 Å². The van der Waals surface area contributed by atoms with Crippen molar-refractivity contribution in [2.75, 3.05) is 12.8 Å². The van der Waals surface area contributed by atoms with E-state index in [0.29, 0.717) is 0 Å². The third-order valence-corrected chi connectivity index (χ3v) is 4.86. The number of aliphatic imine (C=N–C) groups is 1. The summed E-state index contributed by atoms with van der Waals surface area (Å²) >= 11 is 1.69. The number of carbonyl (C=O) groups excluding carboxylic acids is 2. The number of rotatable bonds is 5. The van der Waals surface area contributed by atoms with Gasteiger partial charge >= 0.3 is 6.03 Å². The van der Waals surface area contributed by atoms with Gasteiger partial charge in [0.2, 0.25) is 0 Å². The van der Waals surface area contributed by atoms with Gasteiger partial charge in [-0.1, -0.05) is 31.5 Å². The van der Waals surface area contributed by atoms with Gasteiger partial charge in [0, 0.05) is 18.8 Å². The van der Waals surface area contributed by atoms with E-state index < -0.39 is 12.2 Å². The third kappa shape index (κ3) is 3.17. The molecular formula is C14H24N4O2S. The number of hydrogen-bond acceptors (Lipinski definition) is 5. The average molecular weight is 312 g/mol. The first-order valence-electron chi connectivity index (χ1n) is 7.54. The van der Waals surface area contributed by atoms with Gasteiger partial charge in [0.05, 0.1) is 0 Å². The molecule has 1 fully saturated rings. The normalized spacial score (nSPS) is 25.3. The first kappa shape index (κ1) is 16.1. The Kier molecular flexibility index (Phi) is 5.13. The van der Waals surface area contributed by atoms with Crippen LogP contribution in [0.4, 0.5) is 4.79 Å². The van der Waals surface area contributed by atoms with Crippen molar-refractivity contribution in [3.8, 4) is 0 Å². The molecule has 0 aliphatic carbocycles. The molecule has 0 spiro atoms. The number of urea groups is 1. The van der Waals surface area contributed by atoms with E-state index >= 15 is 0 Å². The zero-order chi connectivity index (χ0) is 15.6. The minimum atomic E-state index is -0.402. The second kappa shape index (κ2) is 6.68. The number of fused-ring (bicyclic) bond motifs is 1. The molecule has 0 saturated carbocycles. The number of carbonyl (C=O) groups is 2. The number of nitrogens with one attached hydrogen (secondary N) is 1. The lowest BCUT2D eigenvalue weighted by atomic mass is 10.1. The van der Waals surface area contributed by atoms with Gasteiger partial charge in [-0.25, -0.2) is 9.79 Å². The molecule has 1 N–H and O–H groups in total. The lowest BCUT2D eigenvalue weighted by Crippen LogP contribution is -2.64. The summed E-state index contributed by atoms with van der Waals surface area (Å²) in [6, 6.07) is -0.600. The van der Waals surface area contributed by atoms with Gasteiger partial charge in [0.15, 0.2) is 17.4 Å². The molecule has 6 nitrogen and oxygen atoms in total. The Hall–Kier alpha value is -1.24. The van der Waals surface area contributed by atoms with Crippen LogP contribution in [-0.4, -0.2) is 58.0 Å². The molecule has 2 aliphatic heterocycles. The molecule has 1 saturated heterocycles. The summed E-state index contributed by atoms with van der Waals surface area (Å²) in [5.74, 6) is 0.749. The maximum atomic E-state index is 12.2. The van der Waals surface area contributed by atoms with Crippen molar-refractivity contribution in [3.05, 3.63) is 0 Å². The SMILES string of the molecule is CCCCCSC1=NC2C(C(=O)NC(=O)N2C)N1C(C)C. The molecule has 21 heavy (non-hydrogen) atoms. The van der Waals surface area contributed by atoms with Crippen LogP contribution in [0.15, 0.2) is 4.99 Å². The Morgan fingerprint density at radius 3 is 2.67 bits per heavy atom. The highest BCUT2D eigenvalue weighted by Crippen LogP contribution is 2.30. The lowest BCUT2D eigenvalue weighted by molar-refractivity contribution is -0.127. The van der Waals surface area contributed by atoms with Gasteiger partial charge in [0.25, 0.3) is 5.91 Å². The van der Waals surface area contributed by atoms with Crippen molar-refractivity contribution in [1.82, 2.24) is 15.1 Å². The molecule has 118 valence electrons. The van der Waals surface area contributed by atoms with Gasteiger partial charge in [-0.15, -0.1) is 0 Å². The van der Waals surface area contributed by atoms with Crippen molar-refractivity contribution in [2.24, 2.45) is 4.99 Å². The van der Waals surface area contributed by atoms with Gasteiger partial charge in [0.1, 0.15) is 0 Å². The van der Waals surface area contributed by atoms with Crippen molar-refractivity contribution in [2.45, 2.75) is 58.3 Å². The van der Waals surface area contributed by atoms with Crippen LogP contribution >= 0.6 is 11.8 Å². The van der Waals surface area contributed by atoms with Crippen molar-refractivity contribution in [3.63, 3.8) is 0 Å². The molecule has 0 radical (unpaired) electrons. The van der Waals surface area contributed by atoms with Crippen LogP contribution in [0.5, 0.6) is 0 Å². The van der Waals surface area contributed by atoms with Gasteiger partial charge in [-0.3, -0.25) is 10.1 Å². The summed E-state index contributed by atoms with van der Waals surface area (Å²) in [5.41, 5.74) is 0. The smallest absolute Gasteiger partial charge is 0.325 e. The van der Waals surface area contributed by atoms with Crippen molar-refractivity contribution >= 4 is 28.9 Å². The van der Waals surface area contributed by atoms with Gasteiger partial charge < -0.3 is 9.80 Å². The summed E-state index contributed by atoms with van der Waals surface area (Å²) in [7, 11) is 1.69. The van der Waals surface area contributed by atoms with E-state index in [1.807, 2.05) is 18.7 Å². The van der Waals surface area contributed by atoms with Crippen LogP contribution in [0.2, 0.25) is 0 Å². The van der Waals surface area contributed by atoms with E-state index in [1.165, 1.54) is 17.7 Å². The molecule has 0 aromatic carbocycles. The number of imide groups is 1. The zero-order valence-corrected chi connectivity index (χ0v) is 13.9. The Labute approximate surface area is 130 Å². The first-order chi connectivity index (χ1) is 9.97. The summed E-state index contributed by atoms with van der Waals surface area (Å²) in [5, 5.41) is 3.29. The van der Waals surface area contributed by atoms with E-state index in [2.05, 4.69) is 17.2 Å². The summed E-state index contributed by atoms with van der Waals surface area (Å²) in [6.45, 7) is 6.28. The van der Waals surface area contributed by atoms with E-state index in [0.717, 1.165) is 17.3 Å². The molecule has 2 atom stereocenters. The minimum absolute atomic E-state index is 0.171. The maximum absolute atomic E-state index is 12.2.